The van der Waals surface area contributed by atoms with E-state index in [9.17, 15) is 78.0 Å². The number of carbonyl (C=O) groups is 13. The standard InChI is InChI=1S/C75H102N16O17S2/c1-39(2)75(10)73(108)88-60(42(5)93)70(105)86-55(62(76)98)36-109-34-46-14-11-15-47(28-46)35-110-37-56(82-43(6)94)66(101)89-61(74(7,8)9)71(106)85-54(30-45-20-24-50(96)25-21-45)72(107)91-27-13-17-57(91)68(103)87-59(41(4)92)69(104)84-53(31-48-32-79-63-51(48)16-12-26-78-63)65(100)80-38-77-33-58(97)81-40(3)64(99)83-52(67(102)90-75)29-44-18-22-49(95)23-19-44/h11-12,14-16,18-26,28,32,39-42,52-57,59-61,77,92-93,95-96H,13,17,27,29-31,33-38H2,1-10H3,(H2,76,98)(H,78,79)(H,80,100)(H,81,97)(H,82,94)(H,83,99)(H,84,104)(H,85,106)(H,86,105)(H,87,103)(H,88,108)(H,89,101)(H,90,102)/t40-,41+,42+,52-,53-,54-,55+,56-,57-,59-,60-,61+,75-/m0/s1. The number of aliphatic hydroxyl groups is 2. The van der Waals surface area contributed by atoms with Gasteiger partial charge in [0.2, 0.25) is 76.8 Å². The summed E-state index contributed by atoms with van der Waals surface area (Å²) in [7, 11) is 0. The Bertz CT molecular complexity index is 4120. The molecule has 13 amide bonds. The molecule has 1 fully saturated rings. The molecule has 2 aliphatic rings. The molecular formula is C75H102N16O17S2. The van der Waals surface area contributed by atoms with Crippen LogP contribution in [0.1, 0.15) is 110 Å². The molecule has 35 heteroatoms. The molecule has 19 N–H and O–H groups in total. The number of phenolic OH excluding ortho intramolecular Hbond substituents is 2. The van der Waals surface area contributed by atoms with E-state index in [0.29, 0.717) is 39.2 Å². The van der Waals surface area contributed by atoms with Gasteiger partial charge in [-0.1, -0.05) is 83.1 Å². The van der Waals surface area contributed by atoms with Crippen LogP contribution >= 0.6 is 23.5 Å². The average Bonchev–Trinajstić information content (AvgIpc) is 1.65. The molecule has 13 atom stereocenters. The molecule has 0 saturated carbocycles. The van der Waals surface area contributed by atoms with Gasteiger partial charge in [-0.2, -0.15) is 23.5 Å². The number of thioether (sulfide) groups is 2. The third kappa shape index (κ3) is 24.8. The number of H-pyrrole nitrogens is 1. The molecule has 0 radical (unpaired) electrons. The van der Waals surface area contributed by atoms with E-state index in [1.165, 1.54) is 112 Å². The highest BCUT2D eigenvalue weighted by molar-refractivity contribution is 7.98. The first-order chi connectivity index (χ1) is 51.9. The second kappa shape index (κ2) is 39.8. The van der Waals surface area contributed by atoms with Gasteiger partial charge in [0.25, 0.3) is 0 Å². The van der Waals surface area contributed by atoms with Crippen molar-refractivity contribution in [3.05, 3.63) is 125 Å². The Labute approximate surface area is 645 Å². The summed E-state index contributed by atoms with van der Waals surface area (Å²) in [5.41, 5.74) is 6.38. The van der Waals surface area contributed by atoms with Crippen molar-refractivity contribution in [1.29, 1.82) is 0 Å². The van der Waals surface area contributed by atoms with Crippen molar-refractivity contribution in [3.63, 3.8) is 0 Å². The van der Waals surface area contributed by atoms with Crippen LogP contribution in [0.5, 0.6) is 11.5 Å². The lowest BCUT2D eigenvalue weighted by molar-refractivity contribution is -0.143. The maximum atomic E-state index is 15.1. The summed E-state index contributed by atoms with van der Waals surface area (Å²) in [6.07, 6.45) is -0.268. The fourth-order valence-electron chi connectivity index (χ4n) is 12.2. The smallest absolute Gasteiger partial charge is 0.246 e. The van der Waals surface area contributed by atoms with Crippen LogP contribution in [0.2, 0.25) is 0 Å². The second-order valence-electron chi connectivity index (χ2n) is 29.1. The number of phenols is 2. The highest BCUT2D eigenvalue weighted by Gasteiger charge is 2.45. The highest BCUT2D eigenvalue weighted by atomic mass is 32.2. The van der Waals surface area contributed by atoms with E-state index >= 15 is 4.79 Å². The molecule has 0 unspecified atom stereocenters. The number of rotatable bonds is 11. The Morgan fingerprint density at radius 1 is 0.664 bits per heavy atom. The van der Waals surface area contributed by atoms with Crippen LogP contribution in [0.25, 0.3) is 11.0 Å². The van der Waals surface area contributed by atoms with E-state index in [1.54, 1.807) is 65.2 Å². The molecule has 1 saturated heterocycles. The lowest BCUT2D eigenvalue weighted by Gasteiger charge is -2.36. The summed E-state index contributed by atoms with van der Waals surface area (Å²) in [6, 6.07) is 8.05. The Hall–Kier alpha value is -10.4. The normalized spacial score (nSPS) is 25.4. The summed E-state index contributed by atoms with van der Waals surface area (Å²) >= 11 is 2.52. The number of nitrogens with zero attached hydrogens (tertiary/aromatic N) is 2. The molecule has 4 heterocycles. The first-order valence-electron chi connectivity index (χ1n) is 36.1. The molecule has 596 valence electrons. The van der Waals surface area contributed by atoms with Crippen LogP contribution in [-0.2, 0) is 93.1 Å². The number of amides is 13. The minimum atomic E-state index is -1.88. The average molecular weight is 1560 g/mol. The molecule has 0 spiro atoms. The van der Waals surface area contributed by atoms with Crippen molar-refractivity contribution in [1.82, 2.24) is 78.7 Å². The van der Waals surface area contributed by atoms with Gasteiger partial charge in [-0.3, -0.25) is 67.6 Å². The molecule has 33 nitrogen and oxygen atoms in total. The Morgan fingerprint density at radius 2 is 1.24 bits per heavy atom. The lowest BCUT2D eigenvalue weighted by Crippen LogP contribution is -2.67. The van der Waals surface area contributed by atoms with Crippen molar-refractivity contribution in [2.24, 2.45) is 17.1 Å². The molecule has 2 aliphatic heterocycles. The number of pyridine rings is 1. The largest absolute Gasteiger partial charge is 0.508 e. The van der Waals surface area contributed by atoms with E-state index in [1.807, 2.05) is 18.2 Å². The molecule has 3 aromatic carbocycles. The van der Waals surface area contributed by atoms with Gasteiger partial charge in [-0.25, -0.2) is 4.98 Å². The number of aromatic amines is 1. The van der Waals surface area contributed by atoms with Crippen molar-refractivity contribution in [3.8, 4) is 11.5 Å². The Morgan fingerprint density at radius 3 is 1.83 bits per heavy atom. The van der Waals surface area contributed by atoms with Crippen molar-refractivity contribution >= 4 is 111 Å². The van der Waals surface area contributed by atoms with Gasteiger partial charge in [0.05, 0.1) is 25.4 Å². The van der Waals surface area contributed by atoms with Crippen LogP contribution in [-0.4, -0.2) is 222 Å². The molecular weight excluding hydrogens is 1460 g/mol. The third-order valence-electron chi connectivity index (χ3n) is 18.9. The van der Waals surface area contributed by atoms with Gasteiger partial charge in [0, 0.05) is 73.5 Å². The number of aromatic nitrogens is 2. The zero-order valence-corrected chi connectivity index (χ0v) is 64.7. The number of hydrogen-bond acceptors (Lipinski definition) is 21. The summed E-state index contributed by atoms with van der Waals surface area (Å²) in [5.74, 6) is -11.2. The van der Waals surface area contributed by atoms with Gasteiger partial charge in [-0.15, -0.1) is 0 Å². The first-order valence-corrected chi connectivity index (χ1v) is 38.4. The van der Waals surface area contributed by atoms with Crippen molar-refractivity contribution in [2.75, 3.05) is 31.3 Å². The Balaban J connectivity index is 1.18. The van der Waals surface area contributed by atoms with Gasteiger partial charge < -0.3 is 94.5 Å². The van der Waals surface area contributed by atoms with E-state index in [-0.39, 0.29) is 61.7 Å². The summed E-state index contributed by atoms with van der Waals surface area (Å²) in [6.45, 7) is 13.7. The zero-order chi connectivity index (χ0) is 80.9. The molecule has 110 heavy (non-hydrogen) atoms. The highest BCUT2D eigenvalue weighted by Crippen LogP contribution is 2.27. The van der Waals surface area contributed by atoms with Crippen molar-refractivity contribution < 1.29 is 82.8 Å². The number of aromatic hydroxyl groups is 2. The maximum absolute atomic E-state index is 15.1. The summed E-state index contributed by atoms with van der Waals surface area (Å²) < 4.78 is 0. The summed E-state index contributed by atoms with van der Waals surface area (Å²) in [5, 5.41) is 74.9. The number of primary amides is 1. The minimum absolute atomic E-state index is 0.00460. The predicted octanol–water partition coefficient (Wildman–Crippen LogP) is -0.937. The van der Waals surface area contributed by atoms with E-state index in [0.717, 1.165) is 11.1 Å². The monoisotopic (exact) mass is 1560 g/mol. The minimum Gasteiger partial charge on any atom is -0.508 e. The molecule has 2 aromatic heterocycles. The summed E-state index contributed by atoms with van der Waals surface area (Å²) in [4.78, 5) is 193. The van der Waals surface area contributed by atoms with Gasteiger partial charge in [0.15, 0.2) is 0 Å². The SMILES string of the molecule is CC(=O)N[C@H]1CSCc2cccc(c2)CSC[C@H](C(N)=O)NC(=O)[C@H]([C@@H](C)O)NC(=O)[C@](C)(C(C)C)NC(=O)[C@H](Cc2ccc(O)cc2)NC(=O)[C@H](C)NC(=O)CNCNC(=O)[C@H](Cc2c[nH]c3ncccc23)NC(=O)[C@H]([C@@H](C)O)NC(=O)[C@@H]2CCCN2C(=O)[C@H](Cc2ccc(O)cc2)NC(=O)[C@H](C(C)(C)C)NC1=O. The Kier molecular flexibility index (Phi) is 31.5. The van der Waals surface area contributed by atoms with E-state index < -0.39 is 180 Å². The number of carbonyl (C=O) groups excluding carboxylic acids is 13. The fourth-order valence-corrected chi connectivity index (χ4v) is 14.3. The third-order valence-corrected chi connectivity index (χ3v) is 21.1. The maximum Gasteiger partial charge on any atom is 0.246 e. The number of benzene rings is 3. The van der Waals surface area contributed by atoms with Crippen LogP contribution < -0.4 is 69.5 Å². The van der Waals surface area contributed by atoms with E-state index in [2.05, 4.69) is 73.8 Å². The number of aliphatic hydroxyl groups excluding tert-OH is 2. The number of nitrogens with two attached hydrogens (primary N) is 1. The molecule has 7 rings (SSSR count). The van der Waals surface area contributed by atoms with Crippen LogP contribution in [0, 0.1) is 11.3 Å². The molecule has 5 aromatic rings. The van der Waals surface area contributed by atoms with Crippen molar-refractivity contribution in [2.45, 2.75) is 191 Å². The topological polar surface area (TPSA) is 505 Å². The van der Waals surface area contributed by atoms with Crippen LogP contribution in [0.3, 0.4) is 0 Å². The fraction of sp³-hybridized carbons (Fsp3) is 0.493. The number of fused-ring (bicyclic) bond motifs is 4. The van der Waals surface area contributed by atoms with Crippen LogP contribution in [0.15, 0.2) is 97.3 Å². The van der Waals surface area contributed by atoms with Gasteiger partial charge in [-0.05, 0) is 116 Å². The number of nitrogens with one attached hydrogen (secondary N) is 13. The van der Waals surface area contributed by atoms with Crippen LogP contribution in [0.4, 0.5) is 0 Å². The first kappa shape index (κ1) is 86.9. The number of hydrogen-bond donors (Lipinski definition) is 18. The zero-order valence-electron chi connectivity index (χ0n) is 63.1. The molecule has 0 aliphatic carbocycles. The van der Waals surface area contributed by atoms with Gasteiger partial charge in [0.1, 0.15) is 83.1 Å². The molecule has 2 bridgehead atoms. The quantitative estimate of drug-likeness (QED) is 0.0759. The second-order valence-corrected chi connectivity index (χ2v) is 31.2. The predicted molar refractivity (Wildman–Crippen MR) is 410 cm³/mol. The van der Waals surface area contributed by atoms with E-state index in [4.69, 9.17) is 5.73 Å². The lowest BCUT2D eigenvalue weighted by atomic mass is 9.85. The van der Waals surface area contributed by atoms with Gasteiger partial charge >= 0.3 is 0 Å².